The number of sulfonamides is 1. The van der Waals surface area contributed by atoms with Crippen molar-refractivity contribution < 1.29 is 48.2 Å². The number of likely N-dealkylation sites (N-methyl/N-ethyl adjacent to an activating group) is 1. The van der Waals surface area contributed by atoms with Crippen molar-refractivity contribution in [2.24, 2.45) is 17.6 Å². The topological polar surface area (TPSA) is 254 Å². The highest BCUT2D eigenvalue weighted by atomic mass is 32.2. The van der Waals surface area contributed by atoms with Crippen molar-refractivity contribution in [3.05, 3.63) is 74.2 Å². The van der Waals surface area contributed by atoms with Crippen LogP contribution in [0.2, 0.25) is 0 Å². The Morgan fingerprint density at radius 1 is 1.11 bits per heavy atom. The third-order valence-corrected chi connectivity index (χ3v) is 10.2. The van der Waals surface area contributed by atoms with E-state index in [1.54, 1.807) is 19.0 Å². The summed E-state index contributed by atoms with van der Waals surface area (Å²) in [5.74, 6) is -8.32. The van der Waals surface area contributed by atoms with E-state index in [9.17, 15) is 53.3 Å². The van der Waals surface area contributed by atoms with E-state index < -0.39 is 95.6 Å². The predicted molar refractivity (Wildman–Crippen MR) is 162 cm³/mol. The number of nitro benzene ring substituents is 1. The van der Waals surface area contributed by atoms with E-state index in [0.717, 1.165) is 24.3 Å². The van der Waals surface area contributed by atoms with Gasteiger partial charge in [0, 0.05) is 43.4 Å². The summed E-state index contributed by atoms with van der Waals surface area (Å²) >= 11 is 0. The number of nitrogens with zero attached hydrogens (tertiary/aromatic N) is 3. The average Bonchev–Trinajstić information content (AvgIpc) is 2.95. The summed E-state index contributed by atoms with van der Waals surface area (Å²) in [6, 6.07) is 4.11. The Hall–Kier alpha value is -5.00. The Morgan fingerprint density at radius 3 is 2.24 bits per heavy atom. The standard InChI is InChI=1S/C29H31N5O11S/c1-32(2)18-11-17(31-46(44,45)14-7-5-13(6-8-14)34(42)43)23(35)20-15(18)9-12-10-16-22(33(3)4)25(37)21(28(30)40)27(39)29(16,41)26(38)19(12)24(20)36/h5-8,11-12,16,22,31,35,37-38,41H,9-10H2,1-4H3,(H2,30,40)/t12?,16?,22-,29-/m0/s1. The second kappa shape index (κ2) is 10.8. The van der Waals surface area contributed by atoms with Crippen LogP contribution in [0.15, 0.2) is 57.9 Å². The summed E-state index contributed by atoms with van der Waals surface area (Å²) in [6.45, 7) is 0. The molecule has 0 saturated carbocycles. The molecule has 4 atom stereocenters. The zero-order valence-electron chi connectivity index (χ0n) is 25.0. The Kier molecular flexibility index (Phi) is 7.62. The number of fused-ring (bicyclic) bond motifs is 3. The number of aliphatic hydroxyl groups excluding tert-OH is 2. The van der Waals surface area contributed by atoms with Crippen LogP contribution in [0.3, 0.4) is 0 Å². The highest BCUT2D eigenvalue weighted by molar-refractivity contribution is 7.92. The maximum atomic E-state index is 14.1. The van der Waals surface area contributed by atoms with Crippen molar-refractivity contribution in [2.45, 2.75) is 29.4 Å². The number of amides is 1. The fourth-order valence-electron chi connectivity index (χ4n) is 6.73. The third kappa shape index (κ3) is 4.65. The number of carbonyl (C=O) groups excluding carboxylic acids is 3. The monoisotopic (exact) mass is 657 g/mol. The Balaban J connectivity index is 1.66. The molecule has 2 aromatic rings. The molecule has 2 aromatic carbocycles. The van der Waals surface area contributed by atoms with Crippen molar-refractivity contribution in [3.63, 3.8) is 0 Å². The van der Waals surface area contributed by atoms with E-state index in [1.165, 1.54) is 25.1 Å². The molecule has 0 heterocycles. The predicted octanol–water partition coefficient (Wildman–Crippen LogP) is 0.896. The van der Waals surface area contributed by atoms with Gasteiger partial charge in [0.1, 0.15) is 17.1 Å². The molecule has 1 amide bonds. The van der Waals surface area contributed by atoms with Gasteiger partial charge in [-0.2, -0.15) is 0 Å². The van der Waals surface area contributed by atoms with E-state index in [0.29, 0.717) is 11.3 Å². The lowest BCUT2D eigenvalue weighted by Gasteiger charge is -2.50. The van der Waals surface area contributed by atoms with E-state index in [4.69, 9.17) is 5.73 Å². The zero-order chi connectivity index (χ0) is 34.2. The molecule has 0 fully saturated rings. The molecule has 3 aliphatic rings. The highest BCUT2D eigenvalue weighted by Crippen LogP contribution is 2.54. The Morgan fingerprint density at radius 2 is 1.72 bits per heavy atom. The van der Waals surface area contributed by atoms with Gasteiger partial charge in [0.25, 0.3) is 21.6 Å². The number of Topliss-reactive ketones (excluding diaryl/α,β-unsaturated/α-hetero) is 2. The van der Waals surface area contributed by atoms with Gasteiger partial charge in [-0.25, -0.2) is 8.42 Å². The molecular formula is C29H31N5O11S. The number of carbonyl (C=O) groups is 3. The van der Waals surface area contributed by atoms with Crippen LogP contribution in [0.4, 0.5) is 17.1 Å². The maximum Gasteiger partial charge on any atom is 0.269 e. The maximum absolute atomic E-state index is 14.1. The van der Waals surface area contributed by atoms with Gasteiger partial charge >= 0.3 is 0 Å². The summed E-state index contributed by atoms with van der Waals surface area (Å²) in [5, 5.41) is 56.5. The smallest absolute Gasteiger partial charge is 0.269 e. The number of primary amides is 1. The molecule has 16 nitrogen and oxygen atoms in total. The van der Waals surface area contributed by atoms with Crippen LogP contribution in [0.1, 0.15) is 22.3 Å². The number of ketones is 2. The molecule has 244 valence electrons. The molecule has 17 heteroatoms. The van der Waals surface area contributed by atoms with Crippen LogP contribution in [-0.2, 0) is 26.0 Å². The van der Waals surface area contributed by atoms with Crippen LogP contribution < -0.4 is 15.4 Å². The first kappa shape index (κ1) is 32.4. The first-order chi connectivity index (χ1) is 21.3. The van der Waals surface area contributed by atoms with Gasteiger partial charge in [0.15, 0.2) is 17.1 Å². The lowest BCUT2D eigenvalue weighted by atomic mass is 9.58. The highest BCUT2D eigenvalue weighted by Gasteiger charge is 2.63. The van der Waals surface area contributed by atoms with Crippen LogP contribution in [0.25, 0.3) is 0 Å². The number of benzene rings is 2. The van der Waals surface area contributed by atoms with E-state index in [1.807, 2.05) is 0 Å². The van der Waals surface area contributed by atoms with E-state index >= 15 is 0 Å². The minimum atomic E-state index is -4.45. The number of phenols is 1. The molecule has 7 N–H and O–H groups in total. The summed E-state index contributed by atoms with van der Waals surface area (Å²) in [7, 11) is 1.82. The summed E-state index contributed by atoms with van der Waals surface area (Å²) < 4.78 is 28.6. The lowest BCUT2D eigenvalue weighted by Crippen LogP contribution is -2.63. The Labute approximate surface area is 262 Å². The molecule has 0 radical (unpaired) electrons. The van der Waals surface area contributed by atoms with Crippen LogP contribution in [-0.4, -0.2) is 96.0 Å². The average molecular weight is 658 g/mol. The van der Waals surface area contributed by atoms with Gasteiger partial charge < -0.3 is 31.1 Å². The summed E-state index contributed by atoms with van der Waals surface area (Å²) in [6.07, 6.45) is -0.126. The molecular weight excluding hydrogens is 626 g/mol. The first-order valence-electron chi connectivity index (χ1n) is 13.8. The van der Waals surface area contributed by atoms with E-state index in [2.05, 4.69) is 4.72 Å². The van der Waals surface area contributed by atoms with Crippen LogP contribution in [0.5, 0.6) is 5.75 Å². The molecule has 3 aliphatic carbocycles. The number of nitrogens with one attached hydrogen (secondary N) is 1. The van der Waals surface area contributed by atoms with Crippen molar-refractivity contribution in [3.8, 4) is 5.75 Å². The third-order valence-electron chi connectivity index (χ3n) is 8.78. The second-order valence-corrected chi connectivity index (χ2v) is 13.5. The van der Waals surface area contributed by atoms with Gasteiger partial charge in [-0.05, 0) is 56.6 Å². The quantitative estimate of drug-likeness (QED) is 0.105. The molecule has 0 aliphatic heterocycles. The van der Waals surface area contributed by atoms with Gasteiger partial charge in [-0.3, -0.25) is 34.1 Å². The lowest BCUT2D eigenvalue weighted by molar-refractivity contribution is -0.384. The number of nitro groups is 1. The molecule has 0 bridgehead atoms. The van der Waals surface area contributed by atoms with Crippen molar-refractivity contribution in [2.75, 3.05) is 37.8 Å². The number of allylic oxidation sites excluding steroid dienone is 1. The van der Waals surface area contributed by atoms with Gasteiger partial charge in [-0.1, -0.05) is 0 Å². The van der Waals surface area contributed by atoms with Gasteiger partial charge in [0.05, 0.1) is 27.1 Å². The molecule has 5 rings (SSSR count). The number of nitrogens with two attached hydrogens (primary N) is 1. The van der Waals surface area contributed by atoms with Crippen molar-refractivity contribution in [1.82, 2.24) is 4.90 Å². The number of hydrogen-bond acceptors (Lipinski definition) is 13. The van der Waals surface area contributed by atoms with Gasteiger partial charge in [0.2, 0.25) is 5.78 Å². The normalized spacial score (nSPS) is 24.3. The molecule has 0 saturated heterocycles. The zero-order valence-corrected chi connectivity index (χ0v) is 25.8. The van der Waals surface area contributed by atoms with Crippen molar-refractivity contribution in [1.29, 1.82) is 0 Å². The fourth-order valence-corrected chi connectivity index (χ4v) is 7.78. The van der Waals surface area contributed by atoms with Gasteiger partial charge in [-0.15, -0.1) is 0 Å². The number of aromatic hydroxyl groups is 1. The largest absolute Gasteiger partial charge is 0.510 e. The minimum Gasteiger partial charge on any atom is -0.510 e. The number of non-ortho nitro benzene ring substituents is 1. The molecule has 46 heavy (non-hydrogen) atoms. The van der Waals surface area contributed by atoms with Crippen molar-refractivity contribution >= 4 is 44.6 Å². The number of anilines is 2. The summed E-state index contributed by atoms with van der Waals surface area (Å²) in [4.78, 5) is 52.7. The minimum absolute atomic E-state index is 0.00893. The van der Waals surface area contributed by atoms with E-state index in [-0.39, 0.29) is 23.4 Å². The number of phenolic OH excluding ortho intramolecular Hbond substituents is 1. The number of aliphatic hydroxyl groups is 3. The Bertz CT molecular complexity index is 1900. The number of rotatable bonds is 7. The molecule has 0 spiro atoms. The fraction of sp³-hybridized carbons (Fsp3) is 0.345. The SMILES string of the molecule is CN(C)c1cc(NS(=O)(=O)c2ccc([N+](=O)[O-])cc2)c(O)c2c1CC1CC3[C@H](N(C)C)C(O)=C(C(N)=O)C(=O)[C@@]3(O)C(O)=C1C2=O. The number of hydrogen-bond donors (Lipinski definition) is 6. The first-order valence-corrected chi connectivity index (χ1v) is 15.3. The van der Waals surface area contributed by atoms with Crippen LogP contribution in [0, 0.1) is 22.0 Å². The van der Waals surface area contributed by atoms with Crippen LogP contribution >= 0.6 is 0 Å². The second-order valence-electron chi connectivity index (χ2n) is 11.9. The molecule has 0 aromatic heterocycles. The summed E-state index contributed by atoms with van der Waals surface area (Å²) in [5.41, 5.74) is 0.625. The molecule has 2 unspecified atom stereocenters.